The maximum absolute atomic E-state index is 11.7. The molecule has 2 N–H and O–H groups in total. The number of amides is 1. The summed E-state index contributed by atoms with van der Waals surface area (Å²) in [6, 6.07) is 11.0. The van der Waals surface area contributed by atoms with E-state index in [1.54, 1.807) is 12.1 Å². The van der Waals surface area contributed by atoms with Crippen molar-refractivity contribution in [2.24, 2.45) is 0 Å². The highest BCUT2D eigenvalue weighted by molar-refractivity contribution is 5.77. The third-order valence-corrected chi connectivity index (χ3v) is 3.26. The van der Waals surface area contributed by atoms with Gasteiger partial charge in [0, 0.05) is 0 Å². The average molecular weight is 303 g/mol. The molecule has 0 fully saturated rings. The van der Waals surface area contributed by atoms with Gasteiger partial charge in [-0.25, -0.2) is 0 Å². The monoisotopic (exact) mass is 303 g/mol. The molecule has 0 aliphatic rings. The van der Waals surface area contributed by atoms with Crippen LogP contribution in [0.15, 0.2) is 47.1 Å². The Balaban J connectivity index is 1.77. The predicted octanol–water partition coefficient (Wildman–Crippen LogP) is 2.63. The summed E-state index contributed by atoms with van der Waals surface area (Å²) in [7, 11) is 0. The number of carbonyl (C=O) groups is 1. The fourth-order valence-electron chi connectivity index (χ4n) is 1.96. The molecule has 1 aromatic carbocycles. The van der Waals surface area contributed by atoms with Crippen LogP contribution in [0.1, 0.15) is 37.2 Å². The molecule has 1 aromatic heterocycles. The lowest BCUT2D eigenvalue weighted by atomic mass is 10.0. The Morgan fingerprint density at radius 2 is 2.14 bits per heavy atom. The fourth-order valence-corrected chi connectivity index (χ4v) is 1.96. The summed E-state index contributed by atoms with van der Waals surface area (Å²) in [4.78, 5) is 11.7. The van der Waals surface area contributed by atoms with Gasteiger partial charge < -0.3 is 19.6 Å². The van der Waals surface area contributed by atoms with Gasteiger partial charge in [0.25, 0.3) is 5.91 Å². The van der Waals surface area contributed by atoms with E-state index in [1.807, 2.05) is 24.3 Å². The van der Waals surface area contributed by atoms with Crippen LogP contribution in [0.2, 0.25) is 0 Å². The normalized spacial score (nSPS) is 12.2. The van der Waals surface area contributed by atoms with Gasteiger partial charge in [0.1, 0.15) is 17.6 Å². The number of carbonyl (C=O) groups excluding carboxylic acids is 1. The van der Waals surface area contributed by atoms with E-state index in [-0.39, 0.29) is 19.1 Å². The van der Waals surface area contributed by atoms with Crippen LogP contribution in [0.5, 0.6) is 5.75 Å². The molecule has 5 nitrogen and oxygen atoms in total. The highest BCUT2D eigenvalue weighted by atomic mass is 16.5. The van der Waals surface area contributed by atoms with Crippen molar-refractivity contribution in [3.05, 3.63) is 54.0 Å². The molecular formula is C17H21NO4. The molecule has 2 rings (SSSR count). The van der Waals surface area contributed by atoms with Gasteiger partial charge in [-0.15, -0.1) is 0 Å². The second-order valence-electron chi connectivity index (χ2n) is 5.35. The first kappa shape index (κ1) is 16.1. The molecule has 0 saturated heterocycles. The van der Waals surface area contributed by atoms with Gasteiger partial charge in [-0.05, 0) is 35.7 Å². The van der Waals surface area contributed by atoms with Crippen LogP contribution in [0, 0.1) is 0 Å². The molecule has 2 aromatic rings. The SMILES string of the molecule is CC(C)c1cccc(OCC(=O)NCC(O)c2ccco2)c1. The van der Waals surface area contributed by atoms with Crippen molar-refractivity contribution >= 4 is 5.91 Å². The number of nitrogens with one attached hydrogen (secondary N) is 1. The van der Waals surface area contributed by atoms with Crippen molar-refractivity contribution in [3.63, 3.8) is 0 Å². The molecule has 1 atom stereocenters. The predicted molar refractivity (Wildman–Crippen MR) is 82.7 cm³/mol. The first-order valence-electron chi connectivity index (χ1n) is 7.27. The Labute approximate surface area is 129 Å². The lowest BCUT2D eigenvalue weighted by Gasteiger charge is -2.11. The molecule has 5 heteroatoms. The number of aliphatic hydroxyl groups is 1. The second kappa shape index (κ2) is 7.66. The van der Waals surface area contributed by atoms with Crippen molar-refractivity contribution in [1.82, 2.24) is 5.32 Å². The van der Waals surface area contributed by atoms with Crippen LogP contribution in [0.25, 0.3) is 0 Å². The average Bonchev–Trinajstić information content (AvgIpc) is 3.05. The molecule has 0 aliphatic heterocycles. The van der Waals surface area contributed by atoms with Crippen molar-refractivity contribution in [1.29, 1.82) is 0 Å². The molecule has 0 saturated carbocycles. The summed E-state index contributed by atoms with van der Waals surface area (Å²) in [5, 5.41) is 12.4. The number of hydrogen-bond acceptors (Lipinski definition) is 4. The molecular weight excluding hydrogens is 282 g/mol. The Bertz CT molecular complexity index is 592. The third kappa shape index (κ3) is 4.63. The van der Waals surface area contributed by atoms with E-state index in [0.29, 0.717) is 17.4 Å². The minimum Gasteiger partial charge on any atom is -0.484 e. The van der Waals surface area contributed by atoms with Crippen LogP contribution in [0.4, 0.5) is 0 Å². The van der Waals surface area contributed by atoms with E-state index in [9.17, 15) is 9.90 Å². The van der Waals surface area contributed by atoms with Gasteiger partial charge in [0.2, 0.25) is 0 Å². The van der Waals surface area contributed by atoms with Gasteiger partial charge >= 0.3 is 0 Å². The van der Waals surface area contributed by atoms with Gasteiger partial charge in [-0.3, -0.25) is 4.79 Å². The zero-order valence-electron chi connectivity index (χ0n) is 12.8. The summed E-state index contributed by atoms with van der Waals surface area (Å²) >= 11 is 0. The summed E-state index contributed by atoms with van der Waals surface area (Å²) in [6.45, 7) is 4.19. The van der Waals surface area contributed by atoms with Crippen molar-refractivity contribution in [2.75, 3.05) is 13.2 Å². The second-order valence-corrected chi connectivity index (χ2v) is 5.35. The first-order chi connectivity index (χ1) is 10.6. The lowest BCUT2D eigenvalue weighted by molar-refractivity contribution is -0.123. The molecule has 0 spiro atoms. The summed E-state index contributed by atoms with van der Waals surface area (Å²) in [5.74, 6) is 1.19. The standard InChI is InChI=1S/C17H21NO4/c1-12(2)13-5-3-6-14(9-13)22-11-17(20)18-10-15(19)16-7-4-8-21-16/h3-9,12,15,19H,10-11H2,1-2H3,(H,18,20). The van der Waals surface area contributed by atoms with Crippen LogP contribution in [-0.4, -0.2) is 24.2 Å². The Kier molecular flexibility index (Phi) is 5.61. The molecule has 0 radical (unpaired) electrons. The van der Waals surface area contributed by atoms with E-state index in [4.69, 9.17) is 9.15 Å². The number of benzene rings is 1. The van der Waals surface area contributed by atoms with E-state index in [2.05, 4.69) is 19.2 Å². The summed E-state index contributed by atoms with van der Waals surface area (Å²) in [6.07, 6.45) is 0.619. The minimum absolute atomic E-state index is 0.0851. The number of hydrogen-bond donors (Lipinski definition) is 2. The molecule has 118 valence electrons. The van der Waals surface area contributed by atoms with Gasteiger partial charge in [-0.1, -0.05) is 26.0 Å². The topological polar surface area (TPSA) is 71.7 Å². The Hall–Kier alpha value is -2.27. The molecule has 1 amide bonds. The zero-order valence-corrected chi connectivity index (χ0v) is 12.8. The van der Waals surface area contributed by atoms with E-state index < -0.39 is 6.10 Å². The highest BCUT2D eigenvalue weighted by Crippen LogP contribution is 2.20. The van der Waals surface area contributed by atoms with Crippen LogP contribution in [-0.2, 0) is 4.79 Å². The molecule has 0 bridgehead atoms. The highest BCUT2D eigenvalue weighted by Gasteiger charge is 2.12. The lowest BCUT2D eigenvalue weighted by Crippen LogP contribution is -2.32. The first-order valence-corrected chi connectivity index (χ1v) is 7.27. The van der Waals surface area contributed by atoms with E-state index in [1.165, 1.54) is 6.26 Å². The van der Waals surface area contributed by atoms with Gasteiger partial charge in [0.05, 0.1) is 12.8 Å². The maximum atomic E-state index is 11.7. The number of aliphatic hydroxyl groups excluding tert-OH is 1. The quantitative estimate of drug-likeness (QED) is 0.825. The van der Waals surface area contributed by atoms with Crippen LogP contribution < -0.4 is 10.1 Å². The molecule has 0 aliphatic carbocycles. The molecule has 1 heterocycles. The third-order valence-electron chi connectivity index (χ3n) is 3.26. The minimum atomic E-state index is -0.858. The molecule has 1 unspecified atom stereocenters. The summed E-state index contributed by atoms with van der Waals surface area (Å²) in [5.41, 5.74) is 1.16. The van der Waals surface area contributed by atoms with Crippen LogP contribution in [0.3, 0.4) is 0 Å². The largest absolute Gasteiger partial charge is 0.484 e. The smallest absolute Gasteiger partial charge is 0.258 e. The number of ether oxygens (including phenoxy) is 1. The molecule has 22 heavy (non-hydrogen) atoms. The Morgan fingerprint density at radius 3 is 2.82 bits per heavy atom. The van der Waals surface area contributed by atoms with Crippen molar-refractivity contribution < 1.29 is 19.1 Å². The van der Waals surface area contributed by atoms with E-state index in [0.717, 1.165) is 5.56 Å². The van der Waals surface area contributed by atoms with Crippen molar-refractivity contribution in [2.45, 2.75) is 25.9 Å². The van der Waals surface area contributed by atoms with E-state index >= 15 is 0 Å². The van der Waals surface area contributed by atoms with Crippen LogP contribution >= 0.6 is 0 Å². The van der Waals surface area contributed by atoms with Gasteiger partial charge in [0.15, 0.2) is 6.61 Å². The number of rotatable bonds is 7. The maximum Gasteiger partial charge on any atom is 0.258 e. The number of furan rings is 1. The zero-order chi connectivity index (χ0) is 15.9. The van der Waals surface area contributed by atoms with Gasteiger partial charge in [-0.2, -0.15) is 0 Å². The summed E-state index contributed by atoms with van der Waals surface area (Å²) < 4.78 is 10.5. The van der Waals surface area contributed by atoms with Crippen molar-refractivity contribution in [3.8, 4) is 5.75 Å². The Morgan fingerprint density at radius 1 is 1.32 bits per heavy atom. The fraction of sp³-hybridized carbons (Fsp3) is 0.353.